The minimum absolute atomic E-state index is 1.14. The van der Waals surface area contributed by atoms with Crippen molar-refractivity contribution in [2.75, 3.05) is 13.1 Å². The number of aryl methyl sites for hydroxylation is 1. The summed E-state index contributed by atoms with van der Waals surface area (Å²) < 4.78 is 5.12. The normalized spacial score (nSPS) is 16.7. The van der Waals surface area contributed by atoms with Gasteiger partial charge in [-0.2, -0.15) is 0 Å². The van der Waals surface area contributed by atoms with Gasteiger partial charge in [-0.15, -0.1) is 4.21 Å². The van der Waals surface area contributed by atoms with Crippen molar-refractivity contribution in [1.29, 1.82) is 0 Å². The van der Waals surface area contributed by atoms with Crippen molar-refractivity contribution < 1.29 is 0 Å². The highest BCUT2D eigenvalue weighted by atomic mass is 32.2. The molecule has 1 fully saturated rings. The molecule has 2 heterocycles. The predicted octanol–water partition coefficient (Wildman–Crippen LogP) is 3.01. The minimum atomic E-state index is 1.14. The van der Waals surface area contributed by atoms with Gasteiger partial charge >= 0.3 is 0 Å². The standard InChI is InChI=1S/C12H19NS3/c1-2-3-7-10-11(14)16-12(15-10)13-8-5-4-6-9-13/h2-9H2,1H3. The lowest BCUT2D eigenvalue weighted by atomic mass is 10.2. The molecule has 16 heavy (non-hydrogen) atoms. The van der Waals surface area contributed by atoms with Gasteiger partial charge in [0, 0.05) is 12.8 Å². The van der Waals surface area contributed by atoms with Gasteiger partial charge in [0.15, 0.2) is 0 Å². The van der Waals surface area contributed by atoms with E-state index in [1.165, 1.54) is 60.5 Å². The summed E-state index contributed by atoms with van der Waals surface area (Å²) in [6.45, 7) is 4.71. The molecule has 0 amide bonds. The molecule has 0 saturated carbocycles. The number of hydrogen-bond acceptors (Lipinski definition) is 3. The van der Waals surface area contributed by atoms with Crippen molar-refractivity contribution >= 4 is 35.3 Å². The second-order valence-electron chi connectivity index (χ2n) is 4.33. The summed E-state index contributed by atoms with van der Waals surface area (Å²) in [7, 11) is 0. The maximum atomic E-state index is 5.46. The average Bonchev–Trinajstić information content (AvgIpc) is 2.69. The van der Waals surface area contributed by atoms with Gasteiger partial charge in [-0.05, 0) is 24.1 Å². The number of hydrogen-bond donors (Lipinski definition) is 0. The minimum Gasteiger partial charge on any atom is -0.427 e. The highest BCUT2D eigenvalue weighted by molar-refractivity contribution is 7.63. The Balaban J connectivity index is 2.21. The van der Waals surface area contributed by atoms with Crippen LogP contribution in [0.25, 0.3) is 0 Å². The van der Waals surface area contributed by atoms with E-state index in [-0.39, 0.29) is 0 Å². The molecule has 1 aliphatic heterocycles. The zero-order valence-corrected chi connectivity index (χ0v) is 12.3. The van der Waals surface area contributed by atoms with Crippen LogP contribution in [0.3, 0.4) is 0 Å². The van der Waals surface area contributed by atoms with Crippen molar-refractivity contribution in [3.8, 4) is 0 Å². The fourth-order valence-corrected chi connectivity index (χ4v) is 5.13. The van der Waals surface area contributed by atoms with Gasteiger partial charge in [0.25, 0.3) is 0 Å². The second-order valence-corrected chi connectivity index (χ2v) is 7.34. The van der Waals surface area contributed by atoms with Crippen molar-refractivity contribution in [2.24, 2.45) is 0 Å². The van der Waals surface area contributed by atoms with E-state index in [1.54, 1.807) is 0 Å². The molecule has 1 aromatic rings. The number of rotatable bonds is 3. The van der Waals surface area contributed by atoms with E-state index in [0.717, 1.165) is 4.21 Å². The molecule has 0 aliphatic carbocycles. The third-order valence-corrected chi connectivity index (χ3v) is 6.20. The maximum absolute atomic E-state index is 5.46. The summed E-state index contributed by atoms with van der Waals surface area (Å²) >= 11 is 9.23. The quantitative estimate of drug-likeness (QED) is 0.604. The van der Waals surface area contributed by atoms with Crippen molar-refractivity contribution in [3.05, 3.63) is 8.86 Å². The van der Waals surface area contributed by atoms with E-state index < -0.39 is 0 Å². The van der Waals surface area contributed by atoms with Gasteiger partial charge in [-0.25, -0.2) is 4.58 Å². The third kappa shape index (κ3) is 3.05. The Morgan fingerprint density at radius 1 is 1.19 bits per heavy atom. The van der Waals surface area contributed by atoms with Crippen LogP contribution in [0.1, 0.15) is 43.9 Å². The molecule has 1 nitrogen and oxygen atoms in total. The first-order chi connectivity index (χ1) is 7.81. The second kappa shape index (κ2) is 6.12. The Labute approximate surface area is 111 Å². The summed E-state index contributed by atoms with van der Waals surface area (Å²) in [5, 5.41) is 0. The maximum Gasteiger partial charge on any atom is 0.220 e. The van der Waals surface area contributed by atoms with Crippen LogP contribution >= 0.6 is 22.7 Å². The molecule has 0 aromatic carbocycles. The van der Waals surface area contributed by atoms with E-state index in [1.807, 2.05) is 22.7 Å². The zero-order valence-electron chi connectivity index (χ0n) is 9.83. The first-order valence-corrected chi connectivity index (χ1v) is 8.23. The van der Waals surface area contributed by atoms with Crippen LogP contribution in [0, 0.1) is 0 Å². The highest BCUT2D eigenvalue weighted by Crippen LogP contribution is 2.19. The summed E-state index contributed by atoms with van der Waals surface area (Å²) in [6, 6.07) is 0. The van der Waals surface area contributed by atoms with Gasteiger partial charge in [-0.1, -0.05) is 24.7 Å². The van der Waals surface area contributed by atoms with E-state index in [0.29, 0.717) is 0 Å². The van der Waals surface area contributed by atoms with Crippen LogP contribution in [-0.2, 0) is 19.0 Å². The van der Waals surface area contributed by atoms with E-state index in [4.69, 9.17) is 12.6 Å². The van der Waals surface area contributed by atoms with Crippen molar-refractivity contribution in [3.63, 3.8) is 0 Å². The van der Waals surface area contributed by atoms with E-state index >= 15 is 0 Å². The fourth-order valence-electron chi connectivity index (χ4n) is 2.00. The lowest BCUT2D eigenvalue weighted by Crippen LogP contribution is -2.31. The third-order valence-electron chi connectivity index (χ3n) is 2.99. The Kier molecular flexibility index (Phi) is 4.79. The Bertz CT molecular complexity index is 395. The van der Waals surface area contributed by atoms with Crippen LogP contribution in [0.15, 0.2) is 4.21 Å². The monoisotopic (exact) mass is 273 g/mol. The molecule has 0 bridgehead atoms. The van der Waals surface area contributed by atoms with E-state index in [2.05, 4.69) is 11.5 Å². The summed E-state index contributed by atoms with van der Waals surface area (Å²) in [5.74, 6) is 0. The lowest BCUT2D eigenvalue weighted by molar-refractivity contribution is 0.459. The first-order valence-electron chi connectivity index (χ1n) is 6.19. The molecule has 1 saturated heterocycles. The molecule has 0 atom stereocenters. The van der Waals surface area contributed by atoms with Crippen LogP contribution in [0.2, 0.25) is 0 Å². The topological polar surface area (TPSA) is 3.01 Å². The molecule has 90 valence electrons. The lowest BCUT2D eigenvalue weighted by Gasteiger charge is -2.08. The zero-order chi connectivity index (χ0) is 11.4. The predicted molar refractivity (Wildman–Crippen MR) is 75.3 cm³/mol. The summed E-state index contributed by atoms with van der Waals surface area (Å²) in [4.78, 5) is 1.45. The molecule has 0 N–H and O–H groups in total. The van der Waals surface area contributed by atoms with E-state index in [9.17, 15) is 0 Å². The first kappa shape index (κ1) is 12.5. The molecular formula is C12H19NS3. The molecule has 4 heteroatoms. The van der Waals surface area contributed by atoms with Crippen LogP contribution in [0.5, 0.6) is 0 Å². The molecule has 1 aromatic heterocycles. The Morgan fingerprint density at radius 3 is 2.62 bits per heavy atom. The molecular weight excluding hydrogens is 254 g/mol. The Morgan fingerprint density at radius 2 is 1.94 bits per heavy atom. The van der Waals surface area contributed by atoms with Gasteiger partial charge in [0.05, 0.1) is 0 Å². The van der Waals surface area contributed by atoms with Crippen LogP contribution in [-0.4, -0.2) is 13.1 Å². The fraction of sp³-hybridized carbons (Fsp3) is 0.750. The molecule has 1 aliphatic rings. The summed E-state index contributed by atoms with van der Waals surface area (Å²) in [6.07, 6.45) is 7.82. The summed E-state index contributed by atoms with van der Waals surface area (Å²) in [5.41, 5.74) is 0. The van der Waals surface area contributed by atoms with Gasteiger partial charge in [0.1, 0.15) is 13.1 Å². The molecule has 0 spiro atoms. The van der Waals surface area contributed by atoms with Crippen LogP contribution < -0.4 is 8.56 Å². The van der Waals surface area contributed by atoms with Gasteiger partial charge < -0.3 is 12.6 Å². The molecule has 0 unspecified atom stereocenters. The van der Waals surface area contributed by atoms with Gasteiger partial charge in [0.2, 0.25) is 3.98 Å². The average molecular weight is 273 g/mol. The van der Waals surface area contributed by atoms with Crippen molar-refractivity contribution in [2.45, 2.75) is 49.7 Å². The largest absolute Gasteiger partial charge is 0.427 e. The van der Waals surface area contributed by atoms with Crippen molar-refractivity contribution in [1.82, 2.24) is 4.58 Å². The number of unbranched alkanes of at least 4 members (excludes halogenated alkanes) is 1. The number of piperidine rings is 1. The molecule has 2 rings (SSSR count). The molecule has 0 radical (unpaired) electrons. The Hall–Kier alpha value is 0.0700. The highest BCUT2D eigenvalue weighted by Gasteiger charge is 2.11. The smallest absolute Gasteiger partial charge is 0.220 e. The SMILES string of the molecule is CCCCc1sc(=[N+]2CCCCC2)sc1[S-]. The number of nitrogens with zero attached hydrogens (tertiary/aromatic N) is 1. The van der Waals surface area contributed by atoms with Crippen LogP contribution in [0.4, 0.5) is 0 Å². The van der Waals surface area contributed by atoms with Gasteiger partial charge in [-0.3, -0.25) is 11.3 Å².